The van der Waals surface area contributed by atoms with E-state index in [1.165, 1.54) is 0 Å². The molecule has 4 heteroatoms. The molecule has 1 saturated heterocycles. The third-order valence-electron chi connectivity index (χ3n) is 3.81. The first-order valence-corrected chi connectivity index (χ1v) is 5.46. The molecule has 2 aliphatic rings. The van der Waals surface area contributed by atoms with Crippen LogP contribution in [0.4, 0.5) is 0 Å². The quantitative estimate of drug-likeness (QED) is 0.785. The van der Waals surface area contributed by atoms with Crippen LogP contribution in [-0.2, 0) is 4.79 Å². The number of halogens is 1. The number of rotatable bonds is 2. The van der Waals surface area contributed by atoms with Gasteiger partial charge in [-0.2, -0.15) is 0 Å². The minimum Gasteiger partial charge on any atom is -0.336 e. The summed E-state index contributed by atoms with van der Waals surface area (Å²) in [6, 6.07) is 0. The van der Waals surface area contributed by atoms with E-state index in [4.69, 9.17) is 5.73 Å². The van der Waals surface area contributed by atoms with Crippen molar-refractivity contribution in [2.75, 3.05) is 6.54 Å². The second kappa shape index (κ2) is 3.63. The van der Waals surface area contributed by atoms with E-state index in [0.29, 0.717) is 5.92 Å². The lowest BCUT2D eigenvalue weighted by atomic mass is 9.84. The SMILES string of the molecule is CC(N)(C(=O)N1CCC1(C)C)C1CC1.Cl. The number of nitrogens with zero attached hydrogens (tertiary/aromatic N) is 1. The number of carbonyl (C=O) groups is 1. The van der Waals surface area contributed by atoms with Gasteiger partial charge in [-0.25, -0.2) is 0 Å². The van der Waals surface area contributed by atoms with Crippen molar-refractivity contribution in [3.05, 3.63) is 0 Å². The van der Waals surface area contributed by atoms with E-state index in [0.717, 1.165) is 25.8 Å². The van der Waals surface area contributed by atoms with Crippen LogP contribution in [0.2, 0.25) is 0 Å². The van der Waals surface area contributed by atoms with Crippen LogP contribution in [0.1, 0.15) is 40.0 Å². The van der Waals surface area contributed by atoms with Crippen LogP contribution >= 0.6 is 12.4 Å². The van der Waals surface area contributed by atoms with Gasteiger partial charge >= 0.3 is 0 Å². The van der Waals surface area contributed by atoms with Gasteiger partial charge < -0.3 is 10.6 Å². The molecule has 3 nitrogen and oxygen atoms in total. The highest BCUT2D eigenvalue weighted by Crippen LogP contribution is 2.41. The highest BCUT2D eigenvalue weighted by molar-refractivity contribution is 5.87. The van der Waals surface area contributed by atoms with E-state index in [2.05, 4.69) is 13.8 Å². The first kappa shape index (κ1) is 12.8. The Balaban J connectivity index is 0.00000112. The summed E-state index contributed by atoms with van der Waals surface area (Å²) >= 11 is 0. The summed E-state index contributed by atoms with van der Waals surface area (Å²) in [7, 11) is 0. The van der Waals surface area contributed by atoms with Crippen molar-refractivity contribution in [2.24, 2.45) is 11.7 Å². The summed E-state index contributed by atoms with van der Waals surface area (Å²) in [6.45, 7) is 6.99. The fourth-order valence-electron chi connectivity index (χ4n) is 2.20. The molecule has 0 aromatic carbocycles. The standard InChI is InChI=1S/C11H20N2O.ClH/c1-10(2)6-7-13(10)9(14)11(3,12)8-4-5-8;/h8H,4-7,12H2,1-3H3;1H. The summed E-state index contributed by atoms with van der Waals surface area (Å²) < 4.78 is 0. The number of hydrogen-bond donors (Lipinski definition) is 1. The maximum Gasteiger partial charge on any atom is 0.243 e. The first-order chi connectivity index (χ1) is 6.36. The van der Waals surface area contributed by atoms with Gasteiger partial charge in [0.2, 0.25) is 5.91 Å². The van der Waals surface area contributed by atoms with Gasteiger partial charge in [-0.15, -0.1) is 12.4 Å². The zero-order valence-electron chi connectivity index (χ0n) is 9.75. The summed E-state index contributed by atoms with van der Waals surface area (Å²) in [5, 5.41) is 0. The van der Waals surface area contributed by atoms with Crippen LogP contribution in [0.5, 0.6) is 0 Å². The van der Waals surface area contributed by atoms with Crippen LogP contribution in [0.25, 0.3) is 0 Å². The van der Waals surface area contributed by atoms with Crippen molar-refractivity contribution < 1.29 is 4.79 Å². The zero-order valence-corrected chi connectivity index (χ0v) is 10.6. The summed E-state index contributed by atoms with van der Waals surface area (Å²) in [4.78, 5) is 14.1. The molecule has 15 heavy (non-hydrogen) atoms. The molecule has 0 aromatic rings. The van der Waals surface area contributed by atoms with E-state index >= 15 is 0 Å². The molecule has 0 bridgehead atoms. The molecule has 2 fully saturated rings. The maximum absolute atomic E-state index is 12.1. The van der Waals surface area contributed by atoms with Crippen molar-refractivity contribution >= 4 is 18.3 Å². The molecule has 2 rings (SSSR count). The van der Waals surface area contributed by atoms with Crippen molar-refractivity contribution in [3.63, 3.8) is 0 Å². The average Bonchev–Trinajstić information content (AvgIpc) is 2.84. The fourth-order valence-corrected chi connectivity index (χ4v) is 2.20. The Hall–Kier alpha value is -0.280. The average molecular weight is 233 g/mol. The van der Waals surface area contributed by atoms with Crippen LogP contribution in [0.3, 0.4) is 0 Å². The number of likely N-dealkylation sites (tertiary alicyclic amines) is 1. The summed E-state index contributed by atoms with van der Waals surface area (Å²) in [6.07, 6.45) is 3.33. The van der Waals surface area contributed by atoms with E-state index in [-0.39, 0.29) is 23.9 Å². The smallest absolute Gasteiger partial charge is 0.243 e. The Bertz CT molecular complexity index is 272. The van der Waals surface area contributed by atoms with Gasteiger partial charge in [0.05, 0.1) is 5.54 Å². The van der Waals surface area contributed by atoms with Crippen LogP contribution in [0.15, 0.2) is 0 Å². The minimum atomic E-state index is -0.613. The molecule has 1 amide bonds. The highest BCUT2D eigenvalue weighted by atomic mass is 35.5. The zero-order chi connectivity index (χ0) is 10.6. The highest BCUT2D eigenvalue weighted by Gasteiger charge is 2.50. The van der Waals surface area contributed by atoms with E-state index < -0.39 is 5.54 Å². The van der Waals surface area contributed by atoms with Crippen LogP contribution < -0.4 is 5.73 Å². The third-order valence-corrected chi connectivity index (χ3v) is 3.81. The molecule has 0 aromatic heterocycles. The topological polar surface area (TPSA) is 46.3 Å². The van der Waals surface area contributed by atoms with Gasteiger partial charge in [0, 0.05) is 12.1 Å². The molecule has 0 radical (unpaired) electrons. The van der Waals surface area contributed by atoms with Gasteiger partial charge in [-0.05, 0) is 46.0 Å². The van der Waals surface area contributed by atoms with Crippen molar-refractivity contribution in [2.45, 2.75) is 51.1 Å². The monoisotopic (exact) mass is 232 g/mol. The van der Waals surface area contributed by atoms with Crippen molar-refractivity contribution in [3.8, 4) is 0 Å². The van der Waals surface area contributed by atoms with Gasteiger partial charge in [0.25, 0.3) is 0 Å². The molecule has 0 spiro atoms. The lowest BCUT2D eigenvalue weighted by molar-refractivity contribution is -0.151. The molecule has 1 atom stereocenters. The lowest BCUT2D eigenvalue weighted by Crippen LogP contribution is -2.66. The molecule has 1 unspecified atom stereocenters. The Labute approximate surface area is 97.8 Å². The van der Waals surface area contributed by atoms with Crippen LogP contribution in [-0.4, -0.2) is 28.4 Å². The number of hydrogen-bond acceptors (Lipinski definition) is 2. The molecule has 2 N–H and O–H groups in total. The second-order valence-corrected chi connectivity index (χ2v) is 5.58. The minimum absolute atomic E-state index is 0. The Kier molecular flexibility index (Phi) is 3.10. The normalized spacial score (nSPS) is 27.3. The van der Waals surface area contributed by atoms with E-state index in [9.17, 15) is 4.79 Å². The first-order valence-electron chi connectivity index (χ1n) is 5.46. The predicted octanol–water partition coefficient (Wildman–Crippen LogP) is 1.55. The lowest BCUT2D eigenvalue weighted by Gasteiger charge is -2.51. The van der Waals surface area contributed by atoms with Crippen LogP contribution in [0, 0.1) is 5.92 Å². The van der Waals surface area contributed by atoms with Crippen molar-refractivity contribution in [1.82, 2.24) is 4.90 Å². The van der Waals surface area contributed by atoms with E-state index in [1.54, 1.807) is 0 Å². The summed E-state index contributed by atoms with van der Waals surface area (Å²) in [5.74, 6) is 0.572. The van der Waals surface area contributed by atoms with Gasteiger partial charge in [-0.3, -0.25) is 4.79 Å². The summed E-state index contributed by atoms with van der Waals surface area (Å²) in [5.41, 5.74) is 5.53. The number of amides is 1. The Morgan fingerprint density at radius 3 is 2.27 bits per heavy atom. The van der Waals surface area contributed by atoms with Gasteiger partial charge in [0.1, 0.15) is 0 Å². The van der Waals surface area contributed by atoms with Gasteiger partial charge in [-0.1, -0.05) is 0 Å². The fraction of sp³-hybridized carbons (Fsp3) is 0.909. The largest absolute Gasteiger partial charge is 0.336 e. The molecule has 1 aliphatic heterocycles. The molecule has 1 heterocycles. The maximum atomic E-state index is 12.1. The van der Waals surface area contributed by atoms with Crippen molar-refractivity contribution in [1.29, 1.82) is 0 Å². The number of carbonyl (C=O) groups excluding carboxylic acids is 1. The Morgan fingerprint density at radius 2 is 2.00 bits per heavy atom. The van der Waals surface area contributed by atoms with E-state index in [1.807, 2.05) is 11.8 Å². The number of nitrogens with two attached hydrogens (primary N) is 1. The van der Waals surface area contributed by atoms with Gasteiger partial charge in [0.15, 0.2) is 0 Å². The Morgan fingerprint density at radius 1 is 1.47 bits per heavy atom. The molecular formula is C11H21ClN2O. The third kappa shape index (κ3) is 2.00. The second-order valence-electron chi connectivity index (χ2n) is 5.58. The predicted molar refractivity (Wildman–Crippen MR) is 63.0 cm³/mol. The molecule has 1 aliphatic carbocycles. The molecule has 1 saturated carbocycles. The molecule has 88 valence electrons. The molecular weight excluding hydrogens is 212 g/mol.